The molecule has 0 fully saturated rings. The Kier molecular flexibility index (Phi) is 4.90. The Balaban J connectivity index is 2.05. The second-order valence-electron chi connectivity index (χ2n) is 5.27. The van der Waals surface area contributed by atoms with E-state index >= 15 is 0 Å². The number of aliphatic carboxylic acids is 1. The number of hydrogen-bond donors (Lipinski definition) is 2. The first-order chi connectivity index (χ1) is 10.9. The maximum absolute atomic E-state index is 12.1. The fourth-order valence-corrected chi connectivity index (χ4v) is 1.98. The third-order valence-corrected chi connectivity index (χ3v) is 3.37. The molecule has 2 rings (SSSR count). The standard InChI is InChI=1S/C16H17N3O4/c1-10(16(22)23)9-11-3-5-12(6-4-11)17-15(21)13-7-8-14(20)19(2)18-13/h3-8,10H,9H2,1-2H3,(H,17,21)(H,22,23). The van der Waals surface area contributed by atoms with Gasteiger partial charge in [-0.15, -0.1) is 0 Å². The van der Waals surface area contributed by atoms with Crippen molar-refractivity contribution in [2.45, 2.75) is 13.3 Å². The third-order valence-electron chi connectivity index (χ3n) is 3.37. The molecular weight excluding hydrogens is 298 g/mol. The molecule has 7 nitrogen and oxygen atoms in total. The number of carbonyl (C=O) groups excluding carboxylic acids is 1. The molecule has 1 aromatic heterocycles. The van der Waals surface area contributed by atoms with Crippen molar-refractivity contribution < 1.29 is 14.7 Å². The summed E-state index contributed by atoms with van der Waals surface area (Å²) in [5.41, 5.74) is 1.28. The van der Waals surface area contributed by atoms with Crippen molar-refractivity contribution in [2.24, 2.45) is 13.0 Å². The molecule has 7 heteroatoms. The summed E-state index contributed by atoms with van der Waals surface area (Å²) in [5.74, 6) is -1.74. The minimum atomic E-state index is -0.844. The molecule has 1 amide bonds. The van der Waals surface area contributed by atoms with Gasteiger partial charge in [0.05, 0.1) is 5.92 Å². The van der Waals surface area contributed by atoms with Crippen LogP contribution in [0.15, 0.2) is 41.2 Å². The van der Waals surface area contributed by atoms with Gasteiger partial charge in [-0.3, -0.25) is 14.4 Å². The summed E-state index contributed by atoms with van der Waals surface area (Å²) in [6, 6.07) is 9.57. The average Bonchev–Trinajstić information content (AvgIpc) is 2.51. The summed E-state index contributed by atoms with van der Waals surface area (Å²) in [4.78, 5) is 34.2. The number of carbonyl (C=O) groups is 2. The van der Waals surface area contributed by atoms with Crippen LogP contribution >= 0.6 is 0 Å². The molecule has 0 radical (unpaired) electrons. The van der Waals surface area contributed by atoms with Crippen LogP contribution in [0.2, 0.25) is 0 Å². The fraction of sp³-hybridized carbons (Fsp3) is 0.250. The van der Waals surface area contributed by atoms with Crippen LogP contribution in [-0.2, 0) is 18.3 Å². The lowest BCUT2D eigenvalue weighted by molar-refractivity contribution is -0.141. The SMILES string of the molecule is CC(Cc1ccc(NC(=O)c2ccc(=O)n(C)n2)cc1)C(=O)O. The quantitative estimate of drug-likeness (QED) is 0.866. The minimum absolute atomic E-state index is 0.135. The van der Waals surface area contributed by atoms with E-state index in [9.17, 15) is 14.4 Å². The Morgan fingerprint density at radius 3 is 2.43 bits per heavy atom. The Hall–Kier alpha value is -2.96. The van der Waals surface area contributed by atoms with Crippen molar-refractivity contribution in [1.29, 1.82) is 0 Å². The lowest BCUT2D eigenvalue weighted by Gasteiger charge is -2.08. The normalized spacial score (nSPS) is 11.7. The number of aryl methyl sites for hydroxylation is 1. The zero-order chi connectivity index (χ0) is 17.0. The van der Waals surface area contributed by atoms with E-state index in [-0.39, 0.29) is 11.3 Å². The van der Waals surface area contributed by atoms with E-state index in [4.69, 9.17) is 5.11 Å². The number of nitrogens with one attached hydrogen (secondary N) is 1. The Bertz CT molecular complexity index is 781. The zero-order valence-corrected chi connectivity index (χ0v) is 12.8. The predicted molar refractivity (Wildman–Crippen MR) is 84.4 cm³/mol. The van der Waals surface area contributed by atoms with Crippen LogP contribution < -0.4 is 10.9 Å². The summed E-state index contributed by atoms with van der Waals surface area (Å²) in [7, 11) is 1.47. The van der Waals surface area contributed by atoms with E-state index in [1.54, 1.807) is 31.2 Å². The van der Waals surface area contributed by atoms with Crippen molar-refractivity contribution >= 4 is 17.6 Å². The molecule has 1 heterocycles. The smallest absolute Gasteiger partial charge is 0.306 e. The van der Waals surface area contributed by atoms with Crippen LogP contribution in [0, 0.1) is 5.92 Å². The highest BCUT2D eigenvalue weighted by molar-refractivity contribution is 6.02. The van der Waals surface area contributed by atoms with Crippen LogP contribution in [0.25, 0.3) is 0 Å². The summed E-state index contributed by atoms with van der Waals surface area (Å²) < 4.78 is 1.09. The van der Waals surface area contributed by atoms with E-state index in [0.717, 1.165) is 10.2 Å². The molecule has 120 valence electrons. The summed E-state index contributed by atoms with van der Waals surface area (Å²) in [5, 5.41) is 15.4. The summed E-state index contributed by atoms with van der Waals surface area (Å²) in [6.45, 7) is 1.64. The van der Waals surface area contributed by atoms with Gasteiger partial charge in [-0.05, 0) is 30.2 Å². The van der Waals surface area contributed by atoms with Gasteiger partial charge in [0.1, 0.15) is 5.69 Å². The molecule has 0 saturated heterocycles. The van der Waals surface area contributed by atoms with Crippen molar-refractivity contribution in [3.05, 3.63) is 58.0 Å². The van der Waals surface area contributed by atoms with Crippen molar-refractivity contribution in [1.82, 2.24) is 9.78 Å². The molecule has 2 aromatic rings. The van der Waals surface area contributed by atoms with Gasteiger partial charge in [-0.25, -0.2) is 4.68 Å². The van der Waals surface area contributed by atoms with E-state index in [2.05, 4.69) is 10.4 Å². The van der Waals surface area contributed by atoms with Crippen molar-refractivity contribution in [3.8, 4) is 0 Å². The van der Waals surface area contributed by atoms with Gasteiger partial charge in [0, 0.05) is 18.8 Å². The van der Waals surface area contributed by atoms with Gasteiger partial charge in [0.2, 0.25) is 0 Å². The monoisotopic (exact) mass is 315 g/mol. The van der Waals surface area contributed by atoms with Gasteiger partial charge < -0.3 is 10.4 Å². The average molecular weight is 315 g/mol. The van der Waals surface area contributed by atoms with Gasteiger partial charge in [0.15, 0.2) is 0 Å². The second-order valence-corrected chi connectivity index (χ2v) is 5.27. The molecule has 0 saturated carbocycles. The third kappa shape index (κ3) is 4.26. The molecule has 0 spiro atoms. The number of carboxylic acid groups (broad SMARTS) is 1. The van der Waals surface area contributed by atoms with Crippen LogP contribution in [0.3, 0.4) is 0 Å². The largest absolute Gasteiger partial charge is 0.481 e. The predicted octanol–water partition coefficient (Wildman–Crippen LogP) is 1.30. The van der Waals surface area contributed by atoms with Crippen molar-refractivity contribution in [3.63, 3.8) is 0 Å². The number of carboxylic acids is 1. The molecule has 1 unspecified atom stereocenters. The number of nitrogens with zero attached hydrogens (tertiary/aromatic N) is 2. The number of hydrogen-bond acceptors (Lipinski definition) is 4. The number of amides is 1. The maximum Gasteiger partial charge on any atom is 0.306 e. The number of rotatable bonds is 5. The number of benzene rings is 1. The summed E-state index contributed by atoms with van der Waals surface area (Å²) in [6.07, 6.45) is 0.423. The van der Waals surface area contributed by atoms with Gasteiger partial charge in [-0.2, -0.15) is 5.10 Å². The molecule has 0 aliphatic rings. The van der Waals surface area contributed by atoms with E-state index < -0.39 is 17.8 Å². The zero-order valence-electron chi connectivity index (χ0n) is 12.8. The molecule has 0 aliphatic carbocycles. The van der Waals surface area contributed by atoms with Crippen LogP contribution in [0.4, 0.5) is 5.69 Å². The lowest BCUT2D eigenvalue weighted by atomic mass is 10.0. The van der Waals surface area contributed by atoms with Gasteiger partial charge in [0.25, 0.3) is 11.5 Å². The van der Waals surface area contributed by atoms with Gasteiger partial charge >= 0.3 is 5.97 Å². The van der Waals surface area contributed by atoms with Crippen LogP contribution in [-0.4, -0.2) is 26.8 Å². The topological polar surface area (TPSA) is 101 Å². The first-order valence-corrected chi connectivity index (χ1v) is 7.04. The first-order valence-electron chi connectivity index (χ1n) is 7.04. The van der Waals surface area contributed by atoms with E-state index in [0.29, 0.717) is 12.1 Å². The molecule has 1 atom stereocenters. The highest BCUT2D eigenvalue weighted by atomic mass is 16.4. The highest BCUT2D eigenvalue weighted by Gasteiger charge is 2.12. The summed E-state index contributed by atoms with van der Waals surface area (Å²) >= 11 is 0. The molecular formula is C16H17N3O4. The fourth-order valence-electron chi connectivity index (χ4n) is 1.98. The molecule has 2 N–H and O–H groups in total. The molecule has 0 bridgehead atoms. The maximum atomic E-state index is 12.1. The van der Waals surface area contributed by atoms with E-state index in [1.165, 1.54) is 19.2 Å². The lowest BCUT2D eigenvalue weighted by Crippen LogP contribution is -2.23. The Labute approximate surface area is 132 Å². The second kappa shape index (κ2) is 6.87. The van der Waals surface area contributed by atoms with Crippen LogP contribution in [0.1, 0.15) is 23.0 Å². The van der Waals surface area contributed by atoms with E-state index in [1.807, 2.05) is 0 Å². The minimum Gasteiger partial charge on any atom is -0.481 e. The van der Waals surface area contributed by atoms with Crippen LogP contribution in [0.5, 0.6) is 0 Å². The molecule has 0 aliphatic heterocycles. The number of aromatic nitrogens is 2. The van der Waals surface area contributed by atoms with Crippen molar-refractivity contribution in [2.75, 3.05) is 5.32 Å². The highest BCUT2D eigenvalue weighted by Crippen LogP contribution is 2.14. The molecule has 1 aromatic carbocycles. The Morgan fingerprint density at radius 1 is 1.22 bits per heavy atom. The Morgan fingerprint density at radius 2 is 1.87 bits per heavy atom. The van der Waals surface area contributed by atoms with Gasteiger partial charge in [-0.1, -0.05) is 19.1 Å². The number of anilines is 1. The first kappa shape index (κ1) is 16.4. The molecule has 23 heavy (non-hydrogen) atoms.